The second-order valence-electron chi connectivity index (χ2n) is 9.62. The number of unbranched alkanes of at least 4 members (excludes halogenated alkanes) is 8. The highest BCUT2D eigenvalue weighted by Gasteiger charge is 2.21. The average Bonchev–Trinajstić information content (AvgIpc) is 2.86. The van der Waals surface area contributed by atoms with E-state index in [9.17, 15) is 9.59 Å². The highest BCUT2D eigenvalue weighted by Crippen LogP contribution is 2.18. The first-order chi connectivity index (χ1) is 17.3. The first-order valence-corrected chi connectivity index (χ1v) is 13.2. The largest absolute Gasteiger partial charge is 0.373 e. The van der Waals surface area contributed by atoms with E-state index in [0.29, 0.717) is 17.5 Å². The van der Waals surface area contributed by atoms with Gasteiger partial charge in [-0.1, -0.05) is 93.7 Å². The number of rotatable bonds is 16. The molecule has 2 aromatic carbocycles. The first-order valence-electron chi connectivity index (χ1n) is 13.2. The van der Waals surface area contributed by atoms with E-state index >= 15 is 0 Å². The van der Waals surface area contributed by atoms with Crippen LogP contribution in [0.1, 0.15) is 114 Å². The van der Waals surface area contributed by atoms with E-state index < -0.39 is 18.2 Å². The van der Waals surface area contributed by atoms with E-state index in [4.69, 9.17) is 19.6 Å². The molecule has 0 atom stereocenters. The van der Waals surface area contributed by atoms with Crippen molar-refractivity contribution in [2.75, 3.05) is 0 Å². The topological polar surface area (TPSA) is 71.1 Å². The van der Waals surface area contributed by atoms with Crippen LogP contribution in [-0.2, 0) is 19.6 Å². The molecule has 0 aliphatic carbocycles. The number of carbonyl (C=O) groups is 2. The lowest BCUT2D eigenvalue weighted by Gasteiger charge is -2.16. The Labute approximate surface area is 216 Å². The Kier molecular flexibility index (Phi) is 13.2. The van der Waals surface area contributed by atoms with Gasteiger partial charge >= 0.3 is 11.9 Å². The van der Waals surface area contributed by atoms with Gasteiger partial charge in [0.15, 0.2) is 0 Å². The molecule has 0 saturated heterocycles. The molecule has 0 saturated carbocycles. The summed E-state index contributed by atoms with van der Waals surface area (Å²) in [5.41, 5.74) is 4.29. The molecule has 0 aromatic heterocycles. The van der Waals surface area contributed by atoms with Gasteiger partial charge in [0, 0.05) is 6.42 Å². The van der Waals surface area contributed by atoms with E-state index in [1.807, 2.05) is 52.0 Å². The van der Waals surface area contributed by atoms with Crippen LogP contribution in [0.5, 0.6) is 0 Å². The SMILES string of the molecule is CCCCCCCCCCCC(OOC(=O)c1cc(C)ccc1C)OOC(=O)c1cc(C)ccc1C. The molecular formula is C30H42O6. The fraction of sp³-hybridized carbons (Fsp3) is 0.533. The molecule has 0 amide bonds. The Bertz CT molecular complexity index is 900. The molecule has 0 radical (unpaired) electrons. The molecule has 198 valence electrons. The molecule has 36 heavy (non-hydrogen) atoms. The molecule has 2 aromatic rings. The maximum Gasteiger partial charge on any atom is 0.373 e. The Morgan fingerprint density at radius 3 is 1.50 bits per heavy atom. The van der Waals surface area contributed by atoms with Gasteiger partial charge in [-0.2, -0.15) is 0 Å². The predicted molar refractivity (Wildman–Crippen MR) is 140 cm³/mol. The Hall–Kier alpha value is -2.70. The number of carbonyl (C=O) groups excluding carboxylic acids is 2. The maximum atomic E-state index is 12.6. The van der Waals surface area contributed by atoms with Crippen molar-refractivity contribution in [3.63, 3.8) is 0 Å². The van der Waals surface area contributed by atoms with Crippen molar-refractivity contribution in [1.29, 1.82) is 0 Å². The molecule has 0 unspecified atom stereocenters. The van der Waals surface area contributed by atoms with Crippen molar-refractivity contribution < 1.29 is 29.1 Å². The molecule has 0 spiro atoms. The quantitative estimate of drug-likeness (QED) is 0.101. The van der Waals surface area contributed by atoms with Gasteiger partial charge in [0.25, 0.3) is 0 Å². The Morgan fingerprint density at radius 2 is 1.06 bits per heavy atom. The molecule has 0 N–H and O–H groups in total. The lowest BCUT2D eigenvalue weighted by molar-refractivity contribution is -0.421. The standard InChI is InChI=1S/C30H42O6/c1-6-7-8-9-10-11-12-13-14-15-28(33-35-29(31)26-20-22(2)16-18-24(26)4)34-36-30(32)27-21-23(3)17-19-25(27)5/h16-21,28H,6-15H2,1-5H3. The minimum Gasteiger partial charge on any atom is -0.290 e. The predicted octanol–water partition coefficient (Wildman–Crippen LogP) is 8.04. The van der Waals surface area contributed by atoms with Crippen molar-refractivity contribution >= 4 is 11.9 Å². The normalized spacial score (nSPS) is 11.1. The van der Waals surface area contributed by atoms with E-state index in [-0.39, 0.29) is 0 Å². The minimum absolute atomic E-state index is 0.421. The van der Waals surface area contributed by atoms with Gasteiger partial charge in [-0.05, 0) is 57.4 Å². The monoisotopic (exact) mass is 498 g/mol. The third-order valence-corrected chi connectivity index (χ3v) is 6.23. The van der Waals surface area contributed by atoms with Crippen molar-refractivity contribution in [1.82, 2.24) is 0 Å². The summed E-state index contributed by atoms with van der Waals surface area (Å²) >= 11 is 0. The molecule has 6 heteroatoms. The third kappa shape index (κ3) is 10.5. The minimum atomic E-state index is -1.02. The van der Waals surface area contributed by atoms with Crippen LogP contribution in [0.2, 0.25) is 0 Å². The van der Waals surface area contributed by atoms with Crippen LogP contribution in [0.25, 0.3) is 0 Å². The van der Waals surface area contributed by atoms with Gasteiger partial charge in [0.05, 0.1) is 11.1 Å². The van der Waals surface area contributed by atoms with Crippen LogP contribution in [0.15, 0.2) is 36.4 Å². The highest BCUT2D eigenvalue weighted by atomic mass is 17.3. The van der Waals surface area contributed by atoms with Crippen LogP contribution in [-0.4, -0.2) is 18.2 Å². The number of hydrogen-bond acceptors (Lipinski definition) is 6. The van der Waals surface area contributed by atoms with E-state index in [0.717, 1.165) is 41.5 Å². The van der Waals surface area contributed by atoms with Gasteiger partial charge in [0.1, 0.15) is 0 Å². The molecule has 0 aliphatic heterocycles. The summed E-state index contributed by atoms with van der Waals surface area (Å²) in [6, 6.07) is 11.1. The summed E-state index contributed by atoms with van der Waals surface area (Å²) in [6.45, 7) is 9.69. The summed E-state index contributed by atoms with van der Waals surface area (Å²) in [7, 11) is 0. The lowest BCUT2D eigenvalue weighted by Crippen LogP contribution is -2.23. The second kappa shape index (κ2) is 16.1. The zero-order chi connectivity index (χ0) is 26.3. The fourth-order valence-electron chi connectivity index (χ4n) is 3.93. The van der Waals surface area contributed by atoms with Crippen LogP contribution >= 0.6 is 0 Å². The van der Waals surface area contributed by atoms with Crippen LogP contribution in [0, 0.1) is 27.7 Å². The van der Waals surface area contributed by atoms with Crippen LogP contribution in [0.3, 0.4) is 0 Å². The number of hydrogen-bond donors (Lipinski definition) is 0. The van der Waals surface area contributed by atoms with Crippen molar-refractivity contribution in [3.05, 3.63) is 69.8 Å². The third-order valence-electron chi connectivity index (χ3n) is 6.23. The summed E-state index contributed by atoms with van der Waals surface area (Å²) in [4.78, 5) is 46.0. The molecule has 6 nitrogen and oxygen atoms in total. The van der Waals surface area contributed by atoms with Crippen molar-refractivity contribution in [2.24, 2.45) is 0 Å². The van der Waals surface area contributed by atoms with Crippen molar-refractivity contribution in [2.45, 2.75) is 105 Å². The van der Waals surface area contributed by atoms with Crippen LogP contribution in [0.4, 0.5) is 0 Å². The van der Waals surface area contributed by atoms with E-state index in [2.05, 4.69) is 6.92 Å². The van der Waals surface area contributed by atoms with Gasteiger partial charge in [-0.25, -0.2) is 9.59 Å². The lowest BCUT2D eigenvalue weighted by atomic mass is 10.1. The van der Waals surface area contributed by atoms with Crippen LogP contribution < -0.4 is 0 Å². The first kappa shape index (κ1) is 29.5. The van der Waals surface area contributed by atoms with Gasteiger partial charge < -0.3 is 0 Å². The van der Waals surface area contributed by atoms with E-state index in [1.165, 1.54) is 38.5 Å². The maximum absolute atomic E-state index is 12.6. The van der Waals surface area contributed by atoms with Gasteiger partial charge in [0.2, 0.25) is 6.29 Å². The number of aryl methyl sites for hydroxylation is 4. The molecule has 2 rings (SSSR count). The summed E-state index contributed by atoms with van der Waals surface area (Å²) < 4.78 is 0. The fourth-order valence-corrected chi connectivity index (χ4v) is 3.93. The van der Waals surface area contributed by atoms with Gasteiger partial charge in [-0.15, -0.1) is 9.78 Å². The Balaban J connectivity index is 1.89. The Morgan fingerprint density at radius 1 is 0.639 bits per heavy atom. The molecule has 0 heterocycles. The zero-order valence-electron chi connectivity index (χ0n) is 22.6. The smallest absolute Gasteiger partial charge is 0.290 e. The van der Waals surface area contributed by atoms with Crippen molar-refractivity contribution in [3.8, 4) is 0 Å². The second-order valence-corrected chi connectivity index (χ2v) is 9.62. The molecule has 0 fully saturated rings. The van der Waals surface area contributed by atoms with Gasteiger partial charge in [-0.3, -0.25) is 9.78 Å². The van der Waals surface area contributed by atoms with E-state index in [1.54, 1.807) is 12.1 Å². The summed E-state index contributed by atoms with van der Waals surface area (Å²) in [6.07, 6.45) is 9.90. The molecular weight excluding hydrogens is 456 g/mol. The number of benzene rings is 2. The molecule has 0 bridgehead atoms. The average molecular weight is 499 g/mol. The summed E-state index contributed by atoms with van der Waals surface area (Å²) in [5, 5.41) is 0. The molecule has 0 aliphatic rings. The highest BCUT2D eigenvalue weighted by molar-refractivity contribution is 5.91. The summed E-state index contributed by atoms with van der Waals surface area (Å²) in [5.74, 6) is -1.23. The zero-order valence-corrected chi connectivity index (χ0v) is 22.6.